The van der Waals surface area contributed by atoms with Gasteiger partial charge in [0.1, 0.15) is 11.6 Å². The van der Waals surface area contributed by atoms with Crippen molar-refractivity contribution in [1.82, 2.24) is 9.97 Å². The molecule has 154 valence electrons. The number of amides is 1. The van der Waals surface area contributed by atoms with E-state index in [9.17, 15) is 4.79 Å². The Morgan fingerprint density at radius 2 is 1.97 bits per heavy atom. The van der Waals surface area contributed by atoms with Gasteiger partial charge in [0.15, 0.2) is 0 Å². The monoisotopic (exact) mass is 403 g/mol. The molecule has 0 bridgehead atoms. The average molecular weight is 403 g/mol. The Balaban J connectivity index is 1.50. The fraction of sp³-hybridized carbons (Fsp3) is 0.261. The highest BCUT2D eigenvalue weighted by molar-refractivity contribution is 5.97. The lowest BCUT2D eigenvalue weighted by molar-refractivity contribution is -0.120. The number of benzene rings is 2. The van der Waals surface area contributed by atoms with Crippen molar-refractivity contribution >= 4 is 23.4 Å². The number of piperidine rings is 1. The summed E-state index contributed by atoms with van der Waals surface area (Å²) in [6, 6.07) is 17.5. The van der Waals surface area contributed by atoms with Crippen LogP contribution >= 0.6 is 0 Å². The third kappa shape index (κ3) is 4.35. The molecular weight excluding hydrogens is 378 g/mol. The number of anilines is 3. The Labute approximate surface area is 175 Å². The third-order valence-electron chi connectivity index (χ3n) is 5.36. The number of ether oxygens (including phenoxy) is 1. The Morgan fingerprint density at radius 3 is 2.73 bits per heavy atom. The Hall–Kier alpha value is -3.61. The van der Waals surface area contributed by atoms with Gasteiger partial charge in [0.25, 0.3) is 0 Å². The maximum atomic E-state index is 13.1. The standard InChI is InChI=1S/C23H25N5O2/c1-30-18-10-8-16(9-11-18)19-6-2-3-7-20(19)26-22(29)17-5-4-14-28(15-17)21-12-13-25-23(24)27-21/h2-3,6-13,17H,4-5,14-15H2,1H3,(H,26,29)(H2,24,25,27)/t17-/m1/s1. The minimum absolute atomic E-state index is 0.0164. The van der Waals surface area contributed by atoms with Crippen LogP contribution in [0, 0.1) is 5.92 Å². The number of nitrogens with one attached hydrogen (secondary N) is 1. The number of carbonyl (C=O) groups is 1. The van der Waals surface area contributed by atoms with Gasteiger partial charge in [0.05, 0.1) is 13.0 Å². The van der Waals surface area contributed by atoms with Crippen molar-refractivity contribution in [1.29, 1.82) is 0 Å². The van der Waals surface area contributed by atoms with E-state index in [4.69, 9.17) is 10.5 Å². The van der Waals surface area contributed by atoms with Gasteiger partial charge < -0.3 is 20.7 Å². The Morgan fingerprint density at radius 1 is 1.17 bits per heavy atom. The number of methoxy groups -OCH3 is 1. The molecule has 2 aromatic carbocycles. The van der Waals surface area contributed by atoms with Crippen LogP contribution in [0.3, 0.4) is 0 Å². The van der Waals surface area contributed by atoms with Crippen LogP contribution < -0.4 is 20.7 Å². The van der Waals surface area contributed by atoms with Crippen molar-refractivity contribution in [2.75, 3.05) is 36.1 Å². The summed E-state index contributed by atoms with van der Waals surface area (Å²) in [6.07, 6.45) is 3.40. The first-order valence-corrected chi connectivity index (χ1v) is 10.0. The van der Waals surface area contributed by atoms with E-state index in [0.717, 1.165) is 47.8 Å². The van der Waals surface area contributed by atoms with Gasteiger partial charge in [-0.2, -0.15) is 4.98 Å². The lowest BCUT2D eigenvalue weighted by atomic mass is 9.96. The van der Waals surface area contributed by atoms with Crippen molar-refractivity contribution in [2.24, 2.45) is 5.92 Å². The maximum Gasteiger partial charge on any atom is 0.229 e. The van der Waals surface area contributed by atoms with Gasteiger partial charge in [0.2, 0.25) is 11.9 Å². The van der Waals surface area contributed by atoms with Crippen molar-refractivity contribution < 1.29 is 9.53 Å². The van der Waals surface area contributed by atoms with Crippen LogP contribution in [0.5, 0.6) is 5.75 Å². The highest BCUT2D eigenvalue weighted by atomic mass is 16.5. The molecule has 2 heterocycles. The van der Waals surface area contributed by atoms with Crippen molar-refractivity contribution in [3.8, 4) is 16.9 Å². The molecule has 1 aliphatic rings. The lowest BCUT2D eigenvalue weighted by Gasteiger charge is -2.33. The van der Waals surface area contributed by atoms with Crippen LogP contribution in [0.4, 0.5) is 17.5 Å². The molecule has 4 rings (SSSR count). The summed E-state index contributed by atoms with van der Waals surface area (Å²) < 4.78 is 5.24. The van der Waals surface area contributed by atoms with E-state index in [-0.39, 0.29) is 17.8 Å². The Kier molecular flexibility index (Phi) is 5.79. The van der Waals surface area contributed by atoms with Crippen LogP contribution in [-0.4, -0.2) is 36.1 Å². The predicted octanol–water partition coefficient (Wildman–Crippen LogP) is 3.59. The normalized spacial score (nSPS) is 16.2. The number of carbonyl (C=O) groups excluding carboxylic acids is 1. The quantitative estimate of drug-likeness (QED) is 0.676. The molecule has 1 aromatic heterocycles. The summed E-state index contributed by atoms with van der Waals surface area (Å²) in [7, 11) is 1.65. The summed E-state index contributed by atoms with van der Waals surface area (Å²) in [4.78, 5) is 23.4. The van der Waals surface area contributed by atoms with Gasteiger partial charge in [-0.05, 0) is 42.7 Å². The van der Waals surface area contributed by atoms with Crippen LogP contribution in [0.2, 0.25) is 0 Å². The molecule has 1 amide bonds. The number of para-hydroxylation sites is 1. The molecule has 0 spiro atoms. The van der Waals surface area contributed by atoms with E-state index < -0.39 is 0 Å². The summed E-state index contributed by atoms with van der Waals surface area (Å²) in [5.41, 5.74) is 8.52. The van der Waals surface area contributed by atoms with Crippen LogP contribution in [-0.2, 0) is 4.79 Å². The second kappa shape index (κ2) is 8.82. The van der Waals surface area contributed by atoms with E-state index in [1.165, 1.54) is 0 Å². The van der Waals surface area contributed by atoms with Gasteiger partial charge in [-0.1, -0.05) is 30.3 Å². The van der Waals surface area contributed by atoms with Crippen LogP contribution in [0.1, 0.15) is 12.8 Å². The second-order valence-corrected chi connectivity index (χ2v) is 7.32. The number of hydrogen-bond acceptors (Lipinski definition) is 6. The zero-order valence-electron chi connectivity index (χ0n) is 16.9. The summed E-state index contributed by atoms with van der Waals surface area (Å²) in [6.45, 7) is 1.45. The predicted molar refractivity (Wildman–Crippen MR) is 118 cm³/mol. The fourth-order valence-corrected chi connectivity index (χ4v) is 3.79. The molecule has 30 heavy (non-hydrogen) atoms. The molecule has 7 heteroatoms. The van der Waals surface area contributed by atoms with Crippen LogP contribution in [0.15, 0.2) is 60.8 Å². The molecular formula is C23H25N5O2. The minimum atomic E-state index is -0.126. The van der Waals surface area contributed by atoms with Gasteiger partial charge in [-0.15, -0.1) is 0 Å². The molecule has 7 nitrogen and oxygen atoms in total. The SMILES string of the molecule is COc1ccc(-c2ccccc2NC(=O)[C@@H]2CCCN(c3ccnc(N)n3)C2)cc1. The van der Waals surface area contributed by atoms with Crippen LogP contribution in [0.25, 0.3) is 11.1 Å². The number of aromatic nitrogens is 2. The molecule has 1 atom stereocenters. The van der Waals surface area contributed by atoms with E-state index in [0.29, 0.717) is 6.54 Å². The molecule has 0 unspecified atom stereocenters. The first-order chi connectivity index (χ1) is 14.6. The summed E-state index contributed by atoms with van der Waals surface area (Å²) >= 11 is 0. The van der Waals surface area contributed by atoms with Gasteiger partial charge in [-0.25, -0.2) is 4.98 Å². The molecule has 0 aliphatic carbocycles. The first kappa shape index (κ1) is 19.7. The van der Waals surface area contributed by atoms with Gasteiger partial charge in [0, 0.05) is 30.5 Å². The van der Waals surface area contributed by atoms with Gasteiger partial charge in [-0.3, -0.25) is 4.79 Å². The topological polar surface area (TPSA) is 93.4 Å². The molecule has 1 fully saturated rings. The first-order valence-electron chi connectivity index (χ1n) is 10.0. The van der Waals surface area contributed by atoms with Crippen molar-refractivity contribution in [3.05, 3.63) is 60.8 Å². The highest BCUT2D eigenvalue weighted by Crippen LogP contribution is 2.30. The van der Waals surface area contributed by atoms with E-state index in [2.05, 4.69) is 20.2 Å². The van der Waals surface area contributed by atoms with E-state index in [1.807, 2.05) is 54.6 Å². The molecule has 3 N–H and O–H groups in total. The zero-order valence-corrected chi connectivity index (χ0v) is 16.9. The second-order valence-electron chi connectivity index (χ2n) is 7.32. The lowest BCUT2D eigenvalue weighted by Crippen LogP contribution is -2.41. The number of nitrogen functional groups attached to an aromatic ring is 1. The third-order valence-corrected chi connectivity index (χ3v) is 5.36. The molecule has 0 radical (unpaired) electrons. The number of hydrogen-bond donors (Lipinski definition) is 2. The number of rotatable bonds is 5. The maximum absolute atomic E-state index is 13.1. The number of nitrogens with two attached hydrogens (primary N) is 1. The Bertz CT molecular complexity index is 1020. The van der Waals surface area contributed by atoms with E-state index in [1.54, 1.807) is 13.3 Å². The smallest absolute Gasteiger partial charge is 0.229 e. The average Bonchev–Trinajstić information content (AvgIpc) is 2.79. The van der Waals surface area contributed by atoms with Crippen molar-refractivity contribution in [3.63, 3.8) is 0 Å². The molecule has 1 aliphatic heterocycles. The largest absolute Gasteiger partial charge is 0.497 e. The van der Waals surface area contributed by atoms with Crippen molar-refractivity contribution in [2.45, 2.75) is 12.8 Å². The highest BCUT2D eigenvalue weighted by Gasteiger charge is 2.27. The zero-order chi connectivity index (χ0) is 20.9. The fourth-order valence-electron chi connectivity index (χ4n) is 3.79. The summed E-state index contributed by atoms with van der Waals surface area (Å²) in [5.74, 6) is 1.70. The van der Waals surface area contributed by atoms with Gasteiger partial charge >= 0.3 is 0 Å². The van der Waals surface area contributed by atoms with E-state index >= 15 is 0 Å². The number of nitrogens with zero attached hydrogens (tertiary/aromatic N) is 3. The molecule has 1 saturated heterocycles. The summed E-state index contributed by atoms with van der Waals surface area (Å²) in [5, 5.41) is 3.14. The minimum Gasteiger partial charge on any atom is -0.497 e. The molecule has 3 aromatic rings. The molecule has 0 saturated carbocycles.